The predicted molar refractivity (Wildman–Crippen MR) is 64.7 cm³/mol. The number of hydrogen-bond donors (Lipinski definition) is 1. The van der Waals surface area contributed by atoms with Crippen LogP contribution in [0.5, 0.6) is 5.75 Å². The van der Waals surface area contributed by atoms with Crippen LogP contribution in [0, 0.1) is 6.92 Å². The predicted octanol–water partition coefficient (Wildman–Crippen LogP) is 3.91. The lowest BCUT2D eigenvalue weighted by atomic mass is 9.92. The van der Waals surface area contributed by atoms with Gasteiger partial charge in [-0.2, -0.15) is 11.3 Å². The molecule has 78 valence electrons. The maximum Gasteiger partial charge on any atom is 0.115 e. The van der Waals surface area contributed by atoms with E-state index in [2.05, 4.69) is 23.8 Å². The van der Waals surface area contributed by atoms with Gasteiger partial charge in [0.05, 0.1) is 0 Å². The van der Waals surface area contributed by atoms with Gasteiger partial charge in [-0.1, -0.05) is 13.0 Å². The summed E-state index contributed by atoms with van der Waals surface area (Å²) in [6.07, 6.45) is 0. The van der Waals surface area contributed by atoms with Gasteiger partial charge in [-0.15, -0.1) is 0 Å². The summed E-state index contributed by atoms with van der Waals surface area (Å²) in [6, 6.07) is 7.73. The van der Waals surface area contributed by atoms with Crippen LogP contribution in [0.25, 0.3) is 0 Å². The fraction of sp³-hybridized carbons (Fsp3) is 0.231. The fourth-order valence-corrected chi connectivity index (χ4v) is 2.60. The number of rotatable bonds is 2. The van der Waals surface area contributed by atoms with E-state index in [0.29, 0.717) is 11.7 Å². The summed E-state index contributed by atoms with van der Waals surface area (Å²) in [5.41, 5.74) is 3.77. The smallest absolute Gasteiger partial charge is 0.115 e. The summed E-state index contributed by atoms with van der Waals surface area (Å²) in [7, 11) is 0. The van der Waals surface area contributed by atoms with E-state index >= 15 is 0 Å². The first-order chi connectivity index (χ1) is 7.18. The molecule has 1 N–H and O–H groups in total. The standard InChI is InChI=1S/C13H14OS/c1-9-7-12(14)3-4-13(9)10(2)11-5-6-15-8-11/h3-8,10,14H,1-2H3. The van der Waals surface area contributed by atoms with Gasteiger partial charge in [-0.3, -0.25) is 0 Å². The van der Waals surface area contributed by atoms with Crippen LogP contribution < -0.4 is 0 Å². The molecule has 1 aromatic heterocycles. The second kappa shape index (κ2) is 4.07. The third-order valence-electron chi connectivity index (χ3n) is 2.76. The van der Waals surface area contributed by atoms with Crippen molar-refractivity contribution in [1.82, 2.24) is 0 Å². The number of aromatic hydroxyl groups is 1. The Morgan fingerprint density at radius 2 is 2.07 bits per heavy atom. The third-order valence-corrected chi connectivity index (χ3v) is 3.46. The van der Waals surface area contributed by atoms with E-state index in [1.54, 1.807) is 17.4 Å². The molecule has 0 fully saturated rings. The molecular formula is C13H14OS. The van der Waals surface area contributed by atoms with Gasteiger partial charge in [0.1, 0.15) is 5.75 Å². The monoisotopic (exact) mass is 218 g/mol. The maximum atomic E-state index is 9.35. The van der Waals surface area contributed by atoms with Gasteiger partial charge in [-0.25, -0.2) is 0 Å². The zero-order chi connectivity index (χ0) is 10.8. The van der Waals surface area contributed by atoms with Crippen LogP contribution in [0.4, 0.5) is 0 Å². The van der Waals surface area contributed by atoms with E-state index in [1.807, 2.05) is 19.1 Å². The molecule has 0 saturated carbocycles. The second-order valence-electron chi connectivity index (χ2n) is 3.82. The van der Waals surface area contributed by atoms with Gasteiger partial charge in [0.25, 0.3) is 0 Å². The van der Waals surface area contributed by atoms with Crippen molar-refractivity contribution in [2.24, 2.45) is 0 Å². The van der Waals surface area contributed by atoms with Crippen molar-refractivity contribution in [3.8, 4) is 5.75 Å². The molecule has 1 heterocycles. The summed E-state index contributed by atoms with van der Waals surface area (Å²) in [4.78, 5) is 0. The van der Waals surface area contributed by atoms with Crippen molar-refractivity contribution < 1.29 is 5.11 Å². The Balaban J connectivity index is 2.38. The van der Waals surface area contributed by atoms with Crippen LogP contribution >= 0.6 is 11.3 Å². The minimum Gasteiger partial charge on any atom is -0.508 e. The molecule has 2 aromatic rings. The highest BCUT2D eigenvalue weighted by Crippen LogP contribution is 2.29. The summed E-state index contributed by atoms with van der Waals surface area (Å²) in [5, 5.41) is 13.6. The number of phenolic OH excluding ortho intramolecular Hbond substituents is 1. The van der Waals surface area contributed by atoms with Crippen LogP contribution in [0.15, 0.2) is 35.0 Å². The highest BCUT2D eigenvalue weighted by molar-refractivity contribution is 7.08. The molecule has 1 aromatic carbocycles. The molecule has 1 nitrogen and oxygen atoms in total. The molecule has 0 aliphatic carbocycles. The number of thiophene rings is 1. The number of benzene rings is 1. The average Bonchev–Trinajstić information content (AvgIpc) is 2.69. The van der Waals surface area contributed by atoms with Gasteiger partial charge in [-0.05, 0) is 52.6 Å². The van der Waals surface area contributed by atoms with E-state index in [1.165, 1.54) is 11.1 Å². The lowest BCUT2D eigenvalue weighted by Crippen LogP contribution is -1.96. The van der Waals surface area contributed by atoms with Crippen LogP contribution in [0.2, 0.25) is 0 Å². The summed E-state index contributed by atoms with van der Waals surface area (Å²) < 4.78 is 0. The Hall–Kier alpha value is -1.28. The van der Waals surface area contributed by atoms with Crippen LogP contribution in [-0.2, 0) is 0 Å². The van der Waals surface area contributed by atoms with Crippen molar-refractivity contribution in [2.45, 2.75) is 19.8 Å². The molecule has 15 heavy (non-hydrogen) atoms. The SMILES string of the molecule is Cc1cc(O)ccc1C(C)c1ccsc1. The summed E-state index contributed by atoms with van der Waals surface area (Å²) in [5.74, 6) is 0.741. The van der Waals surface area contributed by atoms with Gasteiger partial charge in [0.2, 0.25) is 0 Å². The van der Waals surface area contributed by atoms with Crippen molar-refractivity contribution in [3.05, 3.63) is 51.7 Å². The third kappa shape index (κ3) is 2.05. The van der Waals surface area contributed by atoms with Crippen LogP contribution in [0.1, 0.15) is 29.5 Å². The summed E-state index contributed by atoms with van der Waals surface area (Å²) in [6.45, 7) is 4.24. The number of hydrogen-bond acceptors (Lipinski definition) is 2. The van der Waals surface area contributed by atoms with Gasteiger partial charge >= 0.3 is 0 Å². The van der Waals surface area contributed by atoms with E-state index in [0.717, 1.165) is 5.56 Å². The molecule has 0 bridgehead atoms. The normalized spacial score (nSPS) is 12.7. The molecule has 0 aliphatic rings. The molecule has 0 amide bonds. The second-order valence-corrected chi connectivity index (χ2v) is 4.60. The average molecular weight is 218 g/mol. The maximum absolute atomic E-state index is 9.35. The Kier molecular flexibility index (Phi) is 2.78. The Morgan fingerprint density at radius 1 is 1.27 bits per heavy atom. The molecule has 1 unspecified atom stereocenters. The molecule has 0 saturated heterocycles. The Bertz CT molecular complexity index is 446. The molecular weight excluding hydrogens is 204 g/mol. The molecule has 0 radical (unpaired) electrons. The van der Waals surface area contributed by atoms with Crippen molar-refractivity contribution in [2.75, 3.05) is 0 Å². The largest absolute Gasteiger partial charge is 0.508 e. The lowest BCUT2D eigenvalue weighted by Gasteiger charge is -2.13. The Labute approximate surface area is 94.0 Å². The minimum absolute atomic E-state index is 0.341. The van der Waals surface area contributed by atoms with Gasteiger partial charge in [0, 0.05) is 5.92 Å². The fourth-order valence-electron chi connectivity index (χ4n) is 1.85. The Morgan fingerprint density at radius 3 is 2.67 bits per heavy atom. The van der Waals surface area contributed by atoms with Crippen LogP contribution in [0.3, 0.4) is 0 Å². The van der Waals surface area contributed by atoms with E-state index in [9.17, 15) is 5.11 Å². The van der Waals surface area contributed by atoms with Crippen LogP contribution in [-0.4, -0.2) is 5.11 Å². The highest BCUT2D eigenvalue weighted by Gasteiger charge is 2.11. The van der Waals surface area contributed by atoms with E-state index < -0.39 is 0 Å². The first-order valence-corrected chi connectivity index (χ1v) is 5.94. The molecule has 2 heteroatoms. The van der Waals surface area contributed by atoms with E-state index in [-0.39, 0.29) is 0 Å². The first-order valence-electron chi connectivity index (χ1n) is 5.00. The molecule has 2 rings (SSSR count). The van der Waals surface area contributed by atoms with Gasteiger partial charge < -0.3 is 5.11 Å². The first kappa shape index (κ1) is 10.2. The topological polar surface area (TPSA) is 20.2 Å². The van der Waals surface area contributed by atoms with Gasteiger partial charge in [0.15, 0.2) is 0 Å². The zero-order valence-corrected chi connectivity index (χ0v) is 9.71. The number of phenols is 1. The molecule has 1 atom stereocenters. The van der Waals surface area contributed by atoms with Crippen molar-refractivity contribution in [1.29, 1.82) is 0 Å². The summed E-state index contributed by atoms with van der Waals surface area (Å²) >= 11 is 1.72. The quantitative estimate of drug-likeness (QED) is 0.810. The van der Waals surface area contributed by atoms with E-state index in [4.69, 9.17) is 0 Å². The molecule has 0 aliphatic heterocycles. The molecule has 0 spiro atoms. The number of aryl methyl sites for hydroxylation is 1. The highest BCUT2D eigenvalue weighted by atomic mass is 32.1. The van der Waals surface area contributed by atoms with Crippen molar-refractivity contribution in [3.63, 3.8) is 0 Å². The zero-order valence-electron chi connectivity index (χ0n) is 8.90. The van der Waals surface area contributed by atoms with Crippen molar-refractivity contribution >= 4 is 11.3 Å². The minimum atomic E-state index is 0.341. The lowest BCUT2D eigenvalue weighted by molar-refractivity contribution is 0.474.